The number of phenols is 1. The number of fused-ring (bicyclic) bond motifs is 2. The molecule has 2 aliphatic heterocycles. The van der Waals surface area contributed by atoms with Crippen LogP contribution in [0.4, 0.5) is 10.2 Å². The summed E-state index contributed by atoms with van der Waals surface area (Å²) in [5.74, 6) is 0.732. The second-order valence-corrected chi connectivity index (χ2v) is 9.28. The first-order valence-electron chi connectivity index (χ1n) is 11.8. The van der Waals surface area contributed by atoms with E-state index in [0.29, 0.717) is 23.1 Å². The highest BCUT2D eigenvalue weighted by atomic mass is 19.1. The Morgan fingerprint density at radius 2 is 1.91 bits per heavy atom. The molecule has 4 aromatic rings. The first-order chi connectivity index (χ1) is 17.1. The van der Waals surface area contributed by atoms with Crippen LogP contribution < -0.4 is 10.2 Å². The van der Waals surface area contributed by atoms with Crippen molar-refractivity contribution in [3.8, 4) is 33.8 Å². The van der Waals surface area contributed by atoms with Crippen LogP contribution in [0, 0.1) is 0 Å². The molecule has 2 N–H and O–H groups in total. The van der Waals surface area contributed by atoms with Gasteiger partial charge in [0.1, 0.15) is 17.7 Å². The van der Waals surface area contributed by atoms with Crippen LogP contribution in [0.5, 0.6) is 5.75 Å². The fourth-order valence-corrected chi connectivity index (χ4v) is 5.20. The number of hydrogen-bond acceptors (Lipinski definition) is 7. The van der Waals surface area contributed by atoms with Gasteiger partial charge in [0, 0.05) is 48.8 Å². The fourth-order valence-electron chi connectivity index (χ4n) is 5.20. The number of hydrogen-bond donors (Lipinski definition) is 2. The minimum Gasteiger partial charge on any atom is -0.507 e. The highest BCUT2D eigenvalue weighted by molar-refractivity contribution is 5.74. The maximum Gasteiger partial charge on any atom is 0.147 e. The Bertz CT molecular complexity index is 1330. The molecule has 9 heteroatoms. The Balaban J connectivity index is 1.20. The van der Waals surface area contributed by atoms with Crippen LogP contribution >= 0.6 is 0 Å². The summed E-state index contributed by atoms with van der Waals surface area (Å²) in [5, 5.41) is 18.5. The summed E-state index contributed by atoms with van der Waals surface area (Å²) in [5.41, 5.74) is 3.76. The average molecular weight is 472 g/mol. The molecule has 0 unspecified atom stereocenters. The predicted octanol–water partition coefficient (Wildman–Crippen LogP) is 3.76. The van der Waals surface area contributed by atoms with Crippen molar-refractivity contribution in [3.63, 3.8) is 0 Å². The number of phenolic OH excluding ortho intramolecular Hbond substituents is 1. The molecule has 2 aliphatic rings. The number of benzene rings is 1. The van der Waals surface area contributed by atoms with Gasteiger partial charge in [-0.15, -0.1) is 0 Å². The Kier molecular flexibility index (Phi) is 5.41. The molecule has 5 heterocycles. The molecular weight excluding hydrogens is 445 g/mol. The number of halogens is 1. The molecule has 2 saturated heterocycles. The average Bonchev–Trinajstić information content (AvgIpc) is 3.55. The second kappa shape index (κ2) is 8.74. The third-order valence-corrected chi connectivity index (χ3v) is 7.17. The van der Waals surface area contributed by atoms with Crippen LogP contribution in [0.2, 0.25) is 0 Å². The third-order valence-electron chi connectivity index (χ3n) is 7.17. The number of rotatable bonds is 5. The van der Waals surface area contributed by atoms with Gasteiger partial charge in [0.05, 0.1) is 36.0 Å². The van der Waals surface area contributed by atoms with Gasteiger partial charge in [-0.3, -0.25) is 9.97 Å². The molecule has 4 atom stereocenters. The molecule has 0 amide bonds. The summed E-state index contributed by atoms with van der Waals surface area (Å²) in [6, 6.07) is 9.28. The van der Waals surface area contributed by atoms with E-state index in [9.17, 15) is 9.50 Å². The number of nitrogens with zero attached hydrogens (tertiary/aromatic N) is 6. The van der Waals surface area contributed by atoms with Crippen LogP contribution in [0.1, 0.15) is 19.3 Å². The van der Waals surface area contributed by atoms with Crippen LogP contribution in [-0.4, -0.2) is 61.2 Å². The van der Waals surface area contributed by atoms with Crippen molar-refractivity contribution >= 4 is 5.82 Å². The Hall–Kier alpha value is -3.85. The minimum atomic E-state index is -0.931. The lowest BCUT2D eigenvalue weighted by Gasteiger charge is -2.38. The van der Waals surface area contributed by atoms with Gasteiger partial charge in [-0.05, 0) is 49.1 Å². The van der Waals surface area contributed by atoms with Crippen molar-refractivity contribution in [1.82, 2.24) is 30.0 Å². The van der Waals surface area contributed by atoms with E-state index < -0.39 is 6.17 Å². The number of aromatic nitrogens is 5. The van der Waals surface area contributed by atoms with Gasteiger partial charge in [-0.25, -0.2) is 14.1 Å². The van der Waals surface area contributed by atoms with E-state index in [-0.39, 0.29) is 17.8 Å². The van der Waals surface area contributed by atoms with Gasteiger partial charge < -0.3 is 15.3 Å². The van der Waals surface area contributed by atoms with Gasteiger partial charge in [-0.1, -0.05) is 6.07 Å². The monoisotopic (exact) mass is 471 g/mol. The van der Waals surface area contributed by atoms with E-state index in [1.165, 1.54) is 0 Å². The molecule has 178 valence electrons. The molecule has 0 radical (unpaired) electrons. The molecule has 6 rings (SSSR count). The van der Waals surface area contributed by atoms with E-state index in [4.69, 9.17) is 0 Å². The Labute approximate surface area is 202 Å². The normalized spacial score (nSPS) is 23.4. The molecule has 3 aromatic heterocycles. The summed E-state index contributed by atoms with van der Waals surface area (Å²) in [6.07, 6.45) is 12.1. The van der Waals surface area contributed by atoms with Gasteiger partial charge in [0.15, 0.2) is 0 Å². The molecule has 0 spiro atoms. The van der Waals surface area contributed by atoms with E-state index in [2.05, 4.69) is 25.4 Å². The van der Waals surface area contributed by atoms with Gasteiger partial charge in [0.2, 0.25) is 0 Å². The number of aromatic hydroxyl groups is 1. The number of piperidine rings is 1. The smallest absolute Gasteiger partial charge is 0.147 e. The molecule has 35 heavy (non-hydrogen) atoms. The molecule has 0 saturated carbocycles. The van der Waals surface area contributed by atoms with Crippen LogP contribution in [-0.2, 0) is 0 Å². The molecular formula is C26H26FN7O. The van der Waals surface area contributed by atoms with Crippen molar-refractivity contribution in [1.29, 1.82) is 0 Å². The zero-order chi connectivity index (χ0) is 23.9. The highest BCUT2D eigenvalue weighted by Crippen LogP contribution is 2.35. The van der Waals surface area contributed by atoms with Crippen molar-refractivity contribution in [2.45, 2.75) is 43.6 Å². The summed E-state index contributed by atoms with van der Waals surface area (Å²) in [4.78, 5) is 15.0. The number of nitrogens with one attached hydrogen (secondary N) is 1. The van der Waals surface area contributed by atoms with Crippen LogP contribution in [0.15, 0.2) is 67.5 Å². The SMILES string of the molecule is CN(c1cnc(-c2ccc(-c3cnn(-c4ccncc4)c3)cc2O)cn1)[C@@H]1C[C@H]2CC[C@H](N2)[C@@H]1F. The second-order valence-electron chi connectivity index (χ2n) is 9.28. The Morgan fingerprint density at radius 1 is 1.06 bits per heavy atom. The van der Waals surface area contributed by atoms with Gasteiger partial charge in [0.25, 0.3) is 0 Å². The van der Waals surface area contributed by atoms with E-state index in [1.807, 2.05) is 42.4 Å². The zero-order valence-corrected chi connectivity index (χ0v) is 19.3. The van der Waals surface area contributed by atoms with E-state index >= 15 is 0 Å². The Morgan fingerprint density at radius 3 is 2.69 bits per heavy atom. The molecule has 2 fully saturated rings. The molecule has 2 bridgehead atoms. The third kappa shape index (κ3) is 4.01. The largest absolute Gasteiger partial charge is 0.507 e. The van der Waals surface area contributed by atoms with Gasteiger partial charge in [-0.2, -0.15) is 5.10 Å². The minimum absolute atomic E-state index is 0.0688. The maximum atomic E-state index is 15.0. The summed E-state index contributed by atoms with van der Waals surface area (Å²) in [7, 11) is 1.88. The first kappa shape index (κ1) is 21.7. The molecule has 8 nitrogen and oxygen atoms in total. The first-order valence-corrected chi connectivity index (χ1v) is 11.8. The highest BCUT2D eigenvalue weighted by Gasteiger charge is 2.43. The zero-order valence-electron chi connectivity index (χ0n) is 19.3. The quantitative estimate of drug-likeness (QED) is 0.458. The van der Waals surface area contributed by atoms with E-state index in [1.54, 1.807) is 41.7 Å². The number of anilines is 1. The maximum absolute atomic E-state index is 15.0. The van der Waals surface area contributed by atoms with E-state index in [0.717, 1.165) is 36.1 Å². The molecule has 1 aromatic carbocycles. The van der Waals surface area contributed by atoms with Crippen molar-refractivity contribution in [2.75, 3.05) is 11.9 Å². The van der Waals surface area contributed by atoms with Crippen molar-refractivity contribution in [3.05, 3.63) is 67.5 Å². The van der Waals surface area contributed by atoms with Crippen molar-refractivity contribution in [2.24, 2.45) is 0 Å². The van der Waals surface area contributed by atoms with Crippen molar-refractivity contribution < 1.29 is 9.50 Å². The number of pyridine rings is 1. The summed E-state index contributed by atoms with van der Waals surface area (Å²) in [6.45, 7) is 0. The predicted molar refractivity (Wildman–Crippen MR) is 131 cm³/mol. The van der Waals surface area contributed by atoms with Crippen LogP contribution in [0.3, 0.4) is 0 Å². The molecule has 0 aliphatic carbocycles. The lowest BCUT2D eigenvalue weighted by atomic mass is 9.96. The lowest BCUT2D eigenvalue weighted by Crippen LogP contribution is -2.55. The summed E-state index contributed by atoms with van der Waals surface area (Å²) >= 11 is 0. The van der Waals surface area contributed by atoms with Gasteiger partial charge >= 0.3 is 0 Å². The summed E-state index contributed by atoms with van der Waals surface area (Å²) < 4.78 is 16.7. The number of alkyl halides is 1. The fraction of sp³-hybridized carbons (Fsp3) is 0.308. The lowest BCUT2D eigenvalue weighted by molar-refractivity contribution is 0.176. The standard InChI is InChI=1S/C26H26FN7O/c1-33(23-11-18-3-5-21(32-18)26(23)27)25-14-29-22(13-30-25)20-4-2-16(10-24(20)35)17-12-31-34(15-17)19-6-8-28-9-7-19/h2,4,6-10,12-15,18,21,23,26,32,35H,3,5,11H2,1H3/t18-,21+,23-,26+/m1/s1. The van der Waals surface area contributed by atoms with Crippen LogP contribution in [0.25, 0.3) is 28.1 Å². The topological polar surface area (TPSA) is 92.0 Å².